The molecule has 0 radical (unpaired) electrons. The molecule has 5 nitrogen and oxygen atoms in total. The number of ether oxygens (including phenoxy) is 1. The third-order valence-electron chi connectivity index (χ3n) is 3.32. The van der Waals surface area contributed by atoms with Gasteiger partial charge in [-0.3, -0.25) is 9.78 Å². The molecule has 1 aromatic heterocycles. The maximum absolute atomic E-state index is 11.6. The summed E-state index contributed by atoms with van der Waals surface area (Å²) in [5.74, 6) is 0.890. The van der Waals surface area contributed by atoms with Crippen LogP contribution in [0.2, 0.25) is 0 Å². The van der Waals surface area contributed by atoms with Crippen molar-refractivity contribution in [1.82, 2.24) is 15.2 Å². The minimum atomic E-state index is 0.0474. The number of nitrogens with zero attached hydrogens (tertiary/aromatic N) is 2. The molecule has 0 unspecified atom stereocenters. The fourth-order valence-electron chi connectivity index (χ4n) is 2.07. The summed E-state index contributed by atoms with van der Waals surface area (Å²) in [6, 6.07) is 3.93. The number of hydrogen-bond donors (Lipinski definition) is 1. The van der Waals surface area contributed by atoms with Gasteiger partial charge in [0.05, 0.1) is 19.3 Å². The predicted octanol–water partition coefficient (Wildman–Crippen LogP) is 1.19. The number of amides is 1. The Balaban J connectivity index is 1.81. The summed E-state index contributed by atoms with van der Waals surface area (Å²) < 4.78 is 5.65. The topological polar surface area (TPSA) is 54.5 Å². The van der Waals surface area contributed by atoms with Gasteiger partial charge in [0.1, 0.15) is 12.4 Å². The van der Waals surface area contributed by atoms with Crippen LogP contribution in [-0.4, -0.2) is 48.6 Å². The van der Waals surface area contributed by atoms with Gasteiger partial charge in [0.15, 0.2) is 0 Å². The van der Waals surface area contributed by atoms with Crippen molar-refractivity contribution in [2.75, 3.05) is 32.8 Å². The average Bonchev–Trinajstić information content (AvgIpc) is 2.40. The van der Waals surface area contributed by atoms with E-state index in [1.165, 1.54) is 0 Å². The molecule has 1 aliphatic rings. The van der Waals surface area contributed by atoms with Gasteiger partial charge in [-0.2, -0.15) is 0 Å². The second-order valence-corrected chi connectivity index (χ2v) is 6.04. The molecule has 20 heavy (non-hydrogen) atoms. The van der Waals surface area contributed by atoms with Crippen molar-refractivity contribution in [3.63, 3.8) is 0 Å². The van der Waals surface area contributed by atoms with Crippen LogP contribution in [0.25, 0.3) is 0 Å². The maximum Gasteiger partial charge on any atom is 0.236 e. The molecule has 0 saturated carbocycles. The number of piperazine rings is 1. The molecule has 0 atom stereocenters. The number of carbonyl (C=O) groups excluding carboxylic acids is 1. The molecular formula is C15H23N3O2. The first-order valence-corrected chi connectivity index (χ1v) is 7.04. The lowest BCUT2D eigenvalue weighted by Gasteiger charge is -2.27. The predicted molar refractivity (Wildman–Crippen MR) is 77.9 cm³/mol. The highest BCUT2D eigenvalue weighted by atomic mass is 16.5. The summed E-state index contributed by atoms with van der Waals surface area (Å²) in [5, 5.41) is 3.05. The van der Waals surface area contributed by atoms with Crippen LogP contribution < -0.4 is 10.1 Å². The largest absolute Gasteiger partial charge is 0.490 e. The molecule has 1 aliphatic heterocycles. The highest BCUT2D eigenvalue weighted by Gasteiger charge is 2.17. The van der Waals surface area contributed by atoms with E-state index in [1.54, 1.807) is 6.20 Å². The quantitative estimate of drug-likeness (QED) is 0.898. The van der Waals surface area contributed by atoms with Crippen molar-refractivity contribution in [3.8, 4) is 5.75 Å². The molecule has 0 bridgehead atoms. The number of pyridine rings is 1. The summed E-state index contributed by atoms with van der Waals surface area (Å²) in [6.45, 7) is 9.56. The highest BCUT2D eigenvalue weighted by Crippen LogP contribution is 2.21. The van der Waals surface area contributed by atoms with Crippen molar-refractivity contribution in [2.45, 2.75) is 26.2 Å². The third kappa shape index (κ3) is 3.93. The minimum absolute atomic E-state index is 0.0474. The van der Waals surface area contributed by atoms with E-state index in [2.05, 4.69) is 31.1 Å². The lowest BCUT2D eigenvalue weighted by atomic mass is 9.92. The monoisotopic (exact) mass is 277 g/mol. The van der Waals surface area contributed by atoms with E-state index in [0.717, 1.165) is 24.5 Å². The molecule has 1 amide bonds. The van der Waals surface area contributed by atoms with Crippen LogP contribution in [0.15, 0.2) is 18.3 Å². The zero-order chi connectivity index (χ0) is 14.6. The van der Waals surface area contributed by atoms with E-state index in [4.69, 9.17) is 4.74 Å². The Morgan fingerprint density at radius 1 is 1.40 bits per heavy atom. The molecule has 2 heterocycles. The Hall–Kier alpha value is -1.62. The van der Waals surface area contributed by atoms with Gasteiger partial charge in [0.2, 0.25) is 5.91 Å². The first kappa shape index (κ1) is 14.8. The second kappa shape index (κ2) is 6.22. The van der Waals surface area contributed by atoms with Gasteiger partial charge in [-0.25, -0.2) is 0 Å². The van der Waals surface area contributed by atoms with Crippen molar-refractivity contribution < 1.29 is 9.53 Å². The van der Waals surface area contributed by atoms with Gasteiger partial charge in [-0.15, -0.1) is 0 Å². The highest BCUT2D eigenvalue weighted by molar-refractivity contribution is 5.78. The Morgan fingerprint density at radius 3 is 2.80 bits per heavy atom. The van der Waals surface area contributed by atoms with Crippen LogP contribution in [0.3, 0.4) is 0 Å². The zero-order valence-corrected chi connectivity index (χ0v) is 12.5. The smallest absolute Gasteiger partial charge is 0.236 e. The second-order valence-electron chi connectivity index (χ2n) is 6.04. The van der Waals surface area contributed by atoms with Crippen LogP contribution in [0.1, 0.15) is 26.5 Å². The molecule has 2 rings (SSSR count). The SMILES string of the molecule is CC(C)(C)c1ccc(OCCN2CCNCC2=O)cn1. The molecule has 1 saturated heterocycles. The maximum atomic E-state index is 11.6. The number of rotatable bonds is 4. The van der Waals surface area contributed by atoms with Gasteiger partial charge >= 0.3 is 0 Å². The summed E-state index contributed by atoms with van der Waals surface area (Å²) in [6.07, 6.45) is 1.75. The van der Waals surface area contributed by atoms with Crippen molar-refractivity contribution >= 4 is 5.91 Å². The molecule has 0 aliphatic carbocycles. The Labute approximate surface area is 120 Å². The lowest BCUT2D eigenvalue weighted by molar-refractivity contribution is -0.132. The Morgan fingerprint density at radius 2 is 2.20 bits per heavy atom. The molecule has 1 N–H and O–H groups in total. The van der Waals surface area contributed by atoms with Crippen LogP contribution >= 0.6 is 0 Å². The van der Waals surface area contributed by atoms with Gasteiger partial charge in [0, 0.05) is 24.2 Å². The molecular weight excluding hydrogens is 254 g/mol. The normalized spacial score (nSPS) is 16.4. The third-order valence-corrected chi connectivity index (χ3v) is 3.32. The fraction of sp³-hybridized carbons (Fsp3) is 0.600. The average molecular weight is 277 g/mol. The molecule has 110 valence electrons. The number of aromatic nitrogens is 1. The number of hydrogen-bond acceptors (Lipinski definition) is 4. The first-order chi connectivity index (χ1) is 9.47. The molecule has 5 heteroatoms. The van der Waals surface area contributed by atoms with Gasteiger partial charge in [0.25, 0.3) is 0 Å². The van der Waals surface area contributed by atoms with E-state index < -0.39 is 0 Å². The van der Waals surface area contributed by atoms with Gasteiger partial charge in [-0.1, -0.05) is 20.8 Å². The summed E-state index contributed by atoms with van der Waals surface area (Å²) in [7, 11) is 0. The Kier molecular flexibility index (Phi) is 4.60. The van der Waals surface area contributed by atoms with Gasteiger partial charge in [-0.05, 0) is 12.1 Å². The summed E-state index contributed by atoms with van der Waals surface area (Å²) in [5.41, 5.74) is 1.09. The lowest BCUT2D eigenvalue weighted by Crippen LogP contribution is -2.49. The fourth-order valence-corrected chi connectivity index (χ4v) is 2.07. The van der Waals surface area contributed by atoms with Crippen molar-refractivity contribution in [1.29, 1.82) is 0 Å². The van der Waals surface area contributed by atoms with E-state index in [1.807, 2.05) is 17.0 Å². The van der Waals surface area contributed by atoms with E-state index >= 15 is 0 Å². The van der Waals surface area contributed by atoms with Crippen LogP contribution in [-0.2, 0) is 10.2 Å². The van der Waals surface area contributed by atoms with Crippen molar-refractivity contribution in [2.24, 2.45) is 0 Å². The molecule has 1 fully saturated rings. The minimum Gasteiger partial charge on any atom is -0.490 e. The zero-order valence-electron chi connectivity index (χ0n) is 12.5. The van der Waals surface area contributed by atoms with Crippen LogP contribution in [0.4, 0.5) is 0 Å². The molecule has 1 aromatic rings. The van der Waals surface area contributed by atoms with Crippen molar-refractivity contribution in [3.05, 3.63) is 24.0 Å². The summed E-state index contributed by atoms with van der Waals surface area (Å²) in [4.78, 5) is 17.8. The van der Waals surface area contributed by atoms with Crippen LogP contribution in [0, 0.1) is 0 Å². The first-order valence-electron chi connectivity index (χ1n) is 7.04. The summed E-state index contributed by atoms with van der Waals surface area (Å²) >= 11 is 0. The number of carbonyl (C=O) groups is 1. The number of nitrogens with one attached hydrogen (secondary N) is 1. The van der Waals surface area contributed by atoms with E-state index in [9.17, 15) is 4.79 Å². The molecule has 0 aromatic carbocycles. The molecule has 0 spiro atoms. The Bertz CT molecular complexity index is 451. The van der Waals surface area contributed by atoms with E-state index in [0.29, 0.717) is 19.7 Å². The standard InChI is InChI=1S/C15H23N3O2/c1-15(2,3)13-5-4-12(10-17-13)20-9-8-18-7-6-16-11-14(18)19/h4-5,10,16H,6-9,11H2,1-3H3. The van der Waals surface area contributed by atoms with Gasteiger partial charge < -0.3 is 15.0 Å². The van der Waals surface area contributed by atoms with E-state index in [-0.39, 0.29) is 11.3 Å². The van der Waals surface area contributed by atoms with Crippen LogP contribution in [0.5, 0.6) is 5.75 Å².